The van der Waals surface area contributed by atoms with E-state index in [9.17, 15) is 4.39 Å². The zero-order chi connectivity index (χ0) is 10.7. The average molecular weight is 200 g/mol. The van der Waals surface area contributed by atoms with Crippen molar-refractivity contribution in [3.05, 3.63) is 54.3 Å². The monoisotopic (exact) mass is 200 g/mol. The van der Waals surface area contributed by atoms with Crippen LogP contribution in [0.15, 0.2) is 48.5 Å². The van der Waals surface area contributed by atoms with E-state index < -0.39 is 0 Å². The largest absolute Gasteiger partial charge is 0.457 e. The van der Waals surface area contributed by atoms with E-state index in [1.807, 2.05) is 30.3 Å². The summed E-state index contributed by atoms with van der Waals surface area (Å²) in [4.78, 5) is 0. The third-order valence-corrected chi connectivity index (χ3v) is 2.12. The van der Waals surface area contributed by atoms with Crippen molar-refractivity contribution in [2.75, 3.05) is 0 Å². The van der Waals surface area contributed by atoms with Crippen molar-refractivity contribution in [3.8, 4) is 11.5 Å². The van der Waals surface area contributed by atoms with E-state index in [2.05, 4.69) is 0 Å². The summed E-state index contributed by atoms with van der Waals surface area (Å²) in [5, 5.41) is 0. The Morgan fingerprint density at radius 1 is 0.933 bits per heavy atom. The molecule has 3 heteroatoms. The molecule has 1 nitrogen and oxygen atoms in total. The number of benzene rings is 2. The van der Waals surface area contributed by atoms with Crippen molar-refractivity contribution in [1.82, 2.24) is 0 Å². The topological polar surface area (TPSA) is 9.23 Å². The van der Waals surface area contributed by atoms with Gasteiger partial charge in [-0.25, -0.2) is 4.39 Å². The van der Waals surface area contributed by atoms with Crippen molar-refractivity contribution in [2.24, 2.45) is 0 Å². The number of halogens is 1. The van der Waals surface area contributed by atoms with E-state index in [4.69, 9.17) is 4.74 Å². The second kappa shape index (κ2) is 4.17. The first-order valence-electron chi connectivity index (χ1n) is 4.75. The Balaban J connectivity index is 2.22. The van der Waals surface area contributed by atoms with Gasteiger partial charge < -0.3 is 4.74 Å². The Hall–Kier alpha value is -1.77. The van der Waals surface area contributed by atoms with E-state index in [1.165, 1.54) is 6.07 Å². The smallest absolute Gasteiger partial charge is 0.143 e. The molecule has 0 amide bonds. The quantitative estimate of drug-likeness (QED) is 0.672. The SMILES string of the molecule is Bc1ccc(Oc2ccccc2)cc1F. The zero-order valence-electron chi connectivity index (χ0n) is 8.41. The van der Waals surface area contributed by atoms with E-state index >= 15 is 0 Å². The lowest BCUT2D eigenvalue weighted by molar-refractivity contribution is 0.477. The van der Waals surface area contributed by atoms with Gasteiger partial charge in [-0.15, -0.1) is 0 Å². The third-order valence-electron chi connectivity index (χ3n) is 2.12. The molecule has 0 aliphatic carbocycles. The Morgan fingerprint density at radius 3 is 2.33 bits per heavy atom. The molecule has 2 aromatic carbocycles. The highest BCUT2D eigenvalue weighted by Crippen LogP contribution is 2.20. The minimum Gasteiger partial charge on any atom is -0.457 e. The van der Waals surface area contributed by atoms with Gasteiger partial charge in [-0.05, 0) is 18.2 Å². The predicted molar refractivity (Wildman–Crippen MR) is 61.1 cm³/mol. The van der Waals surface area contributed by atoms with Crippen LogP contribution in [0.5, 0.6) is 11.5 Å². The van der Waals surface area contributed by atoms with Crippen LogP contribution in [0.25, 0.3) is 0 Å². The summed E-state index contributed by atoms with van der Waals surface area (Å²) < 4.78 is 18.7. The number of ether oxygens (including phenoxy) is 1. The molecule has 0 aliphatic heterocycles. The molecule has 0 N–H and O–H groups in total. The second-order valence-corrected chi connectivity index (χ2v) is 3.33. The molecule has 0 fully saturated rings. The van der Waals surface area contributed by atoms with Crippen LogP contribution in [-0.4, -0.2) is 7.85 Å². The molecule has 0 aliphatic rings. The first-order chi connectivity index (χ1) is 7.25. The van der Waals surface area contributed by atoms with E-state index in [-0.39, 0.29) is 5.82 Å². The van der Waals surface area contributed by atoms with Gasteiger partial charge in [-0.3, -0.25) is 0 Å². The van der Waals surface area contributed by atoms with Crippen LogP contribution >= 0.6 is 0 Å². The van der Waals surface area contributed by atoms with Gasteiger partial charge in [0, 0.05) is 6.07 Å². The maximum atomic E-state index is 13.2. The summed E-state index contributed by atoms with van der Waals surface area (Å²) in [6, 6.07) is 14.2. The molecular formula is C12H10BFO. The van der Waals surface area contributed by atoms with E-state index in [1.54, 1.807) is 20.0 Å². The Morgan fingerprint density at radius 2 is 1.67 bits per heavy atom. The standard InChI is InChI=1S/C12H10BFO/c13-11-7-6-10(8-12(11)14)15-9-4-2-1-3-5-9/h1-8H,13H2. The molecule has 0 radical (unpaired) electrons. The Labute approximate surface area is 88.9 Å². The molecule has 0 saturated heterocycles. The highest BCUT2D eigenvalue weighted by molar-refractivity contribution is 6.32. The highest BCUT2D eigenvalue weighted by Gasteiger charge is 2.00. The van der Waals surface area contributed by atoms with Crippen molar-refractivity contribution >= 4 is 13.3 Å². The fourth-order valence-corrected chi connectivity index (χ4v) is 1.26. The molecule has 0 aromatic heterocycles. The zero-order valence-corrected chi connectivity index (χ0v) is 8.41. The average Bonchev–Trinajstić information content (AvgIpc) is 2.25. The van der Waals surface area contributed by atoms with Crippen LogP contribution in [0, 0.1) is 5.82 Å². The van der Waals surface area contributed by atoms with Crippen LogP contribution in [0.3, 0.4) is 0 Å². The number of para-hydroxylation sites is 1. The molecule has 0 heterocycles. The molecule has 74 valence electrons. The molecular weight excluding hydrogens is 190 g/mol. The lowest BCUT2D eigenvalue weighted by Crippen LogP contribution is -2.07. The van der Waals surface area contributed by atoms with E-state index in [0.717, 1.165) is 0 Å². The molecule has 0 bridgehead atoms. The summed E-state index contributed by atoms with van der Waals surface area (Å²) in [7, 11) is 1.72. The molecule has 0 atom stereocenters. The van der Waals surface area contributed by atoms with Crippen molar-refractivity contribution in [2.45, 2.75) is 0 Å². The van der Waals surface area contributed by atoms with Gasteiger partial charge in [-0.2, -0.15) is 0 Å². The first kappa shape index (κ1) is 9.78. The molecule has 0 spiro atoms. The second-order valence-electron chi connectivity index (χ2n) is 3.33. The molecule has 2 rings (SSSR count). The fourth-order valence-electron chi connectivity index (χ4n) is 1.26. The van der Waals surface area contributed by atoms with Crippen LogP contribution in [0.1, 0.15) is 0 Å². The lowest BCUT2D eigenvalue weighted by atomic mass is 9.96. The lowest BCUT2D eigenvalue weighted by Gasteiger charge is -2.06. The summed E-state index contributed by atoms with van der Waals surface area (Å²) in [6.07, 6.45) is 0. The van der Waals surface area contributed by atoms with Gasteiger partial charge >= 0.3 is 0 Å². The molecule has 0 saturated carbocycles. The predicted octanol–water partition coefficient (Wildman–Crippen LogP) is 1.88. The van der Waals surface area contributed by atoms with Gasteiger partial charge in [0.15, 0.2) is 0 Å². The van der Waals surface area contributed by atoms with Crippen LogP contribution in [-0.2, 0) is 0 Å². The van der Waals surface area contributed by atoms with Crippen LogP contribution in [0.2, 0.25) is 0 Å². The van der Waals surface area contributed by atoms with Gasteiger partial charge in [0.05, 0.1) is 0 Å². The van der Waals surface area contributed by atoms with Crippen LogP contribution < -0.4 is 10.2 Å². The molecule has 2 aromatic rings. The number of hydrogen-bond acceptors (Lipinski definition) is 1. The summed E-state index contributed by atoms with van der Waals surface area (Å²) in [5.41, 5.74) is 0.621. The summed E-state index contributed by atoms with van der Waals surface area (Å²) in [6.45, 7) is 0. The van der Waals surface area contributed by atoms with Gasteiger partial charge in [0.1, 0.15) is 25.2 Å². The normalized spacial score (nSPS) is 9.93. The highest BCUT2D eigenvalue weighted by atomic mass is 19.1. The fraction of sp³-hybridized carbons (Fsp3) is 0. The maximum absolute atomic E-state index is 13.2. The maximum Gasteiger partial charge on any atom is 0.143 e. The van der Waals surface area contributed by atoms with Crippen molar-refractivity contribution in [3.63, 3.8) is 0 Å². The minimum atomic E-state index is -0.247. The summed E-state index contributed by atoms with van der Waals surface area (Å²) in [5.74, 6) is 0.980. The molecule has 15 heavy (non-hydrogen) atoms. The minimum absolute atomic E-state index is 0.247. The molecule has 0 unspecified atom stereocenters. The van der Waals surface area contributed by atoms with Gasteiger partial charge in [0.25, 0.3) is 0 Å². The number of rotatable bonds is 2. The van der Waals surface area contributed by atoms with Gasteiger partial charge in [-0.1, -0.05) is 29.7 Å². The first-order valence-corrected chi connectivity index (χ1v) is 4.75. The Kier molecular flexibility index (Phi) is 2.72. The third kappa shape index (κ3) is 2.37. The van der Waals surface area contributed by atoms with Gasteiger partial charge in [0.2, 0.25) is 0 Å². The van der Waals surface area contributed by atoms with E-state index in [0.29, 0.717) is 17.0 Å². The van der Waals surface area contributed by atoms with Crippen molar-refractivity contribution in [1.29, 1.82) is 0 Å². The van der Waals surface area contributed by atoms with Crippen molar-refractivity contribution < 1.29 is 9.13 Å². The Bertz CT molecular complexity index is 456. The van der Waals surface area contributed by atoms with Crippen LogP contribution in [0.4, 0.5) is 4.39 Å². The summed E-state index contributed by atoms with van der Waals surface area (Å²) >= 11 is 0. The number of hydrogen-bond donors (Lipinski definition) is 0.